The van der Waals surface area contributed by atoms with Crippen molar-refractivity contribution in [3.8, 4) is 0 Å². The Balaban J connectivity index is 1.74. The third kappa shape index (κ3) is 2.78. The first kappa shape index (κ1) is 12.6. The number of hydrogen-bond acceptors (Lipinski definition) is 1. The van der Waals surface area contributed by atoms with E-state index in [9.17, 15) is 0 Å². The van der Waals surface area contributed by atoms with Gasteiger partial charge in [-0.3, -0.25) is 0 Å². The zero-order valence-electron chi connectivity index (χ0n) is 10.6. The Kier molecular flexibility index (Phi) is 4.00. The topological polar surface area (TPSA) is 0 Å². The Labute approximate surface area is 119 Å². The molecule has 0 nitrogen and oxygen atoms in total. The summed E-state index contributed by atoms with van der Waals surface area (Å²) in [7, 11) is 0. The first-order valence-corrected chi connectivity index (χ1v) is 8.30. The molecule has 0 saturated carbocycles. The van der Waals surface area contributed by atoms with E-state index in [0.717, 1.165) is 6.42 Å². The minimum absolute atomic E-state index is 0.270. The van der Waals surface area contributed by atoms with Crippen LogP contribution in [0.4, 0.5) is 0 Å². The molecule has 2 aliphatic rings. The third-order valence-electron chi connectivity index (χ3n) is 3.95. The van der Waals surface area contributed by atoms with Crippen LogP contribution in [0.3, 0.4) is 0 Å². The van der Waals surface area contributed by atoms with Gasteiger partial charge in [-0.1, -0.05) is 36.3 Å². The second kappa shape index (κ2) is 5.71. The molecule has 96 valence electrons. The van der Waals surface area contributed by atoms with E-state index < -0.39 is 0 Å². The van der Waals surface area contributed by atoms with Crippen LogP contribution in [0.2, 0.25) is 0 Å². The maximum atomic E-state index is 6.32. The molecular formula is C16H19ClS. The predicted octanol–water partition coefficient (Wildman–Crippen LogP) is 5.37. The third-order valence-corrected chi connectivity index (χ3v) is 5.55. The zero-order chi connectivity index (χ0) is 12.4. The minimum Gasteiger partial charge on any atom is -0.125 e. The molecule has 3 rings (SSSR count). The number of alkyl halides is 1. The lowest BCUT2D eigenvalue weighted by atomic mass is 9.92. The van der Waals surface area contributed by atoms with E-state index in [-0.39, 0.29) is 5.38 Å². The van der Waals surface area contributed by atoms with Crippen LogP contribution < -0.4 is 0 Å². The van der Waals surface area contributed by atoms with Crippen LogP contribution in [0.1, 0.15) is 43.6 Å². The smallest absolute Gasteiger partial charge is 0.0518 e. The highest BCUT2D eigenvalue weighted by molar-refractivity contribution is 7.99. The molecule has 0 saturated heterocycles. The van der Waals surface area contributed by atoms with E-state index in [4.69, 9.17) is 11.6 Å². The van der Waals surface area contributed by atoms with Gasteiger partial charge in [0.15, 0.2) is 0 Å². The number of hydrogen-bond donors (Lipinski definition) is 0. The Morgan fingerprint density at radius 1 is 1.22 bits per heavy atom. The molecule has 2 unspecified atom stereocenters. The van der Waals surface area contributed by atoms with Gasteiger partial charge in [-0.25, -0.2) is 0 Å². The largest absolute Gasteiger partial charge is 0.125 e. The number of fused-ring (bicyclic) bond motifs is 1. The zero-order valence-corrected chi connectivity index (χ0v) is 12.1. The van der Waals surface area contributed by atoms with Crippen molar-refractivity contribution in [1.82, 2.24) is 0 Å². The van der Waals surface area contributed by atoms with E-state index in [1.165, 1.54) is 36.3 Å². The van der Waals surface area contributed by atoms with Gasteiger partial charge < -0.3 is 0 Å². The molecule has 0 N–H and O–H groups in total. The van der Waals surface area contributed by atoms with Gasteiger partial charge >= 0.3 is 0 Å². The summed E-state index contributed by atoms with van der Waals surface area (Å²) in [4.78, 5) is 1.49. The number of halogens is 1. The van der Waals surface area contributed by atoms with Gasteiger partial charge in [0.05, 0.1) is 5.38 Å². The quantitative estimate of drug-likeness (QED) is 0.517. The van der Waals surface area contributed by atoms with Crippen LogP contribution in [-0.4, -0.2) is 11.1 Å². The molecule has 2 atom stereocenters. The first-order valence-electron chi connectivity index (χ1n) is 6.88. The molecule has 0 fully saturated rings. The first-order chi connectivity index (χ1) is 8.83. The van der Waals surface area contributed by atoms with Crippen molar-refractivity contribution < 1.29 is 0 Å². The lowest BCUT2D eigenvalue weighted by Gasteiger charge is -2.13. The van der Waals surface area contributed by atoms with Gasteiger partial charge in [-0.05, 0) is 43.2 Å². The van der Waals surface area contributed by atoms with Gasteiger partial charge in [-0.15, -0.1) is 23.4 Å². The lowest BCUT2D eigenvalue weighted by molar-refractivity contribution is 0.683. The summed E-state index contributed by atoms with van der Waals surface area (Å²) in [5, 5.41) is 0.270. The number of rotatable bonds is 2. The molecule has 1 heterocycles. The van der Waals surface area contributed by atoms with Gasteiger partial charge in [0.2, 0.25) is 0 Å². The average Bonchev–Trinajstić information content (AvgIpc) is 2.66. The van der Waals surface area contributed by atoms with Crippen LogP contribution in [0, 0.1) is 0 Å². The summed E-state index contributed by atoms with van der Waals surface area (Å²) in [5.74, 6) is 1.95. The van der Waals surface area contributed by atoms with E-state index in [0.29, 0.717) is 5.92 Å². The monoisotopic (exact) mass is 278 g/mol. The normalized spacial score (nSPS) is 27.5. The standard InChI is InChI=1S/C16H19ClS/c17-14-6-2-1-5-12(10-14)9-13-11-18-16-8-4-3-7-15(13)16/h3-4,7-8,10,13-14H,1-2,5-6,9,11H2. The van der Waals surface area contributed by atoms with Crippen LogP contribution >= 0.6 is 23.4 Å². The maximum absolute atomic E-state index is 6.32. The highest BCUT2D eigenvalue weighted by Gasteiger charge is 2.24. The number of thioether (sulfide) groups is 1. The SMILES string of the molecule is ClC1C=C(CC2CSc3ccccc32)CCCC1. The van der Waals surface area contributed by atoms with E-state index in [2.05, 4.69) is 30.3 Å². The molecule has 0 spiro atoms. The van der Waals surface area contributed by atoms with Crippen LogP contribution in [0.15, 0.2) is 40.8 Å². The van der Waals surface area contributed by atoms with E-state index in [1.807, 2.05) is 11.8 Å². The van der Waals surface area contributed by atoms with Crippen molar-refractivity contribution >= 4 is 23.4 Å². The van der Waals surface area contributed by atoms with Crippen molar-refractivity contribution in [1.29, 1.82) is 0 Å². The maximum Gasteiger partial charge on any atom is 0.0518 e. The Morgan fingerprint density at radius 3 is 3.06 bits per heavy atom. The molecule has 1 aliphatic carbocycles. The van der Waals surface area contributed by atoms with Crippen LogP contribution in [0.25, 0.3) is 0 Å². The molecule has 0 radical (unpaired) electrons. The van der Waals surface area contributed by atoms with Crippen molar-refractivity contribution in [3.05, 3.63) is 41.5 Å². The summed E-state index contributed by atoms with van der Waals surface area (Å²) in [6, 6.07) is 8.87. The molecular weight excluding hydrogens is 260 g/mol. The van der Waals surface area contributed by atoms with Gasteiger partial charge in [0.25, 0.3) is 0 Å². The second-order valence-corrected chi connectivity index (χ2v) is 6.96. The molecule has 0 bridgehead atoms. The number of allylic oxidation sites excluding steroid dienone is 2. The molecule has 2 heteroatoms. The second-order valence-electron chi connectivity index (χ2n) is 5.34. The molecule has 1 aromatic rings. The molecule has 0 aromatic heterocycles. The fourth-order valence-corrected chi connectivity index (χ4v) is 4.59. The highest BCUT2D eigenvalue weighted by atomic mass is 35.5. The fourth-order valence-electron chi connectivity index (χ4n) is 3.00. The number of benzene rings is 1. The summed E-state index contributed by atoms with van der Waals surface area (Å²) in [6.07, 6.45) is 8.56. The predicted molar refractivity (Wildman–Crippen MR) is 80.7 cm³/mol. The molecule has 18 heavy (non-hydrogen) atoms. The van der Waals surface area contributed by atoms with Crippen molar-refractivity contribution in [3.63, 3.8) is 0 Å². The van der Waals surface area contributed by atoms with Crippen molar-refractivity contribution in [2.75, 3.05) is 5.75 Å². The van der Waals surface area contributed by atoms with Gasteiger partial charge in [-0.2, -0.15) is 0 Å². The summed E-state index contributed by atoms with van der Waals surface area (Å²) in [5.41, 5.74) is 3.15. The van der Waals surface area contributed by atoms with E-state index >= 15 is 0 Å². The molecule has 1 aromatic carbocycles. The molecule has 0 amide bonds. The fraction of sp³-hybridized carbons (Fsp3) is 0.500. The highest BCUT2D eigenvalue weighted by Crippen LogP contribution is 2.43. The Morgan fingerprint density at radius 2 is 2.11 bits per heavy atom. The van der Waals surface area contributed by atoms with Crippen LogP contribution in [-0.2, 0) is 0 Å². The van der Waals surface area contributed by atoms with Crippen LogP contribution in [0.5, 0.6) is 0 Å². The minimum atomic E-state index is 0.270. The summed E-state index contributed by atoms with van der Waals surface area (Å²) in [6.45, 7) is 0. The van der Waals surface area contributed by atoms with Crippen molar-refractivity contribution in [2.24, 2.45) is 0 Å². The Hall–Kier alpha value is -0.400. The summed E-state index contributed by atoms with van der Waals surface area (Å²) >= 11 is 8.33. The van der Waals surface area contributed by atoms with Gasteiger partial charge in [0, 0.05) is 10.6 Å². The molecule has 1 aliphatic heterocycles. The lowest BCUT2D eigenvalue weighted by Crippen LogP contribution is -2.00. The van der Waals surface area contributed by atoms with Gasteiger partial charge in [0.1, 0.15) is 0 Å². The van der Waals surface area contributed by atoms with E-state index in [1.54, 1.807) is 11.1 Å². The Bertz CT molecular complexity index is 452. The average molecular weight is 279 g/mol. The summed E-state index contributed by atoms with van der Waals surface area (Å²) < 4.78 is 0. The van der Waals surface area contributed by atoms with Crippen molar-refractivity contribution in [2.45, 2.75) is 48.3 Å².